The van der Waals surface area contributed by atoms with Gasteiger partial charge in [-0.05, 0) is 49.4 Å². The minimum atomic E-state index is -3.46. The van der Waals surface area contributed by atoms with E-state index in [2.05, 4.69) is 5.32 Å². The summed E-state index contributed by atoms with van der Waals surface area (Å²) < 4.78 is 27.2. The first-order valence-corrected chi connectivity index (χ1v) is 11.3. The van der Waals surface area contributed by atoms with Crippen molar-refractivity contribution in [3.05, 3.63) is 23.8 Å². The Bertz CT molecular complexity index is 880. The summed E-state index contributed by atoms with van der Waals surface area (Å²) in [5.41, 5.74) is 1.69. The van der Waals surface area contributed by atoms with Crippen LogP contribution in [-0.2, 0) is 26.0 Å². The topological polar surface area (TPSA) is 90.0 Å². The highest BCUT2D eigenvalue weighted by Gasteiger charge is 2.30. The van der Waals surface area contributed by atoms with E-state index in [1.54, 1.807) is 27.4 Å². The van der Waals surface area contributed by atoms with Crippen LogP contribution in [0.25, 0.3) is 0 Å². The summed E-state index contributed by atoms with van der Waals surface area (Å²) in [5.74, 6) is -0.111. The van der Waals surface area contributed by atoms with Crippen LogP contribution in [0.1, 0.15) is 24.8 Å². The van der Waals surface area contributed by atoms with Gasteiger partial charge in [-0.15, -0.1) is 0 Å². The molecule has 2 saturated heterocycles. The molecule has 1 aromatic carbocycles. The van der Waals surface area contributed by atoms with Crippen molar-refractivity contribution < 1.29 is 18.0 Å². The zero-order valence-electron chi connectivity index (χ0n) is 15.9. The van der Waals surface area contributed by atoms with E-state index >= 15 is 0 Å². The van der Waals surface area contributed by atoms with E-state index in [1.165, 1.54) is 0 Å². The number of aryl methyl sites for hydroxylation is 1. The zero-order chi connectivity index (χ0) is 19.7. The van der Waals surface area contributed by atoms with E-state index in [0.717, 1.165) is 36.9 Å². The van der Waals surface area contributed by atoms with Gasteiger partial charge < -0.3 is 10.2 Å². The third-order valence-corrected chi connectivity index (χ3v) is 7.54. The number of anilines is 1. The Labute approximate surface area is 165 Å². The number of nitrogens with zero attached hydrogens (tertiary/aromatic N) is 3. The van der Waals surface area contributed by atoms with Crippen LogP contribution in [0.3, 0.4) is 0 Å². The van der Waals surface area contributed by atoms with Crippen LogP contribution in [0.2, 0.25) is 0 Å². The van der Waals surface area contributed by atoms with E-state index in [4.69, 9.17) is 0 Å². The molecule has 28 heavy (non-hydrogen) atoms. The van der Waals surface area contributed by atoms with Crippen molar-refractivity contribution in [2.75, 3.05) is 50.7 Å². The molecular formula is C19H26N4O4S. The molecule has 4 rings (SSSR count). The lowest BCUT2D eigenvalue weighted by Crippen LogP contribution is -2.51. The molecule has 152 valence electrons. The van der Waals surface area contributed by atoms with Gasteiger partial charge in [0.05, 0.1) is 18.0 Å². The van der Waals surface area contributed by atoms with Gasteiger partial charge in [0.25, 0.3) is 0 Å². The second-order valence-corrected chi connectivity index (χ2v) is 9.55. The van der Waals surface area contributed by atoms with Gasteiger partial charge in [-0.2, -0.15) is 4.31 Å². The minimum Gasteiger partial charge on any atom is -0.354 e. The van der Waals surface area contributed by atoms with Crippen molar-refractivity contribution in [3.63, 3.8) is 0 Å². The molecule has 0 atom stereocenters. The van der Waals surface area contributed by atoms with Crippen LogP contribution in [0.4, 0.5) is 5.69 Å². The van der Waals surface area contributed by atoms with Gasteiger partial charge in [0.1, 0.15) is 0 Å². The first kappa shape index (κ1) is 19.4. The van der Waals surface area contributed by atoms with Crippen LogP contribution in [0.15, 0.2) is 23.1 Å². The standard InChI is InChI=1S/C19H26N4O4S/c24-18-13-21(11-7-20-18)14-19(25)23-10-3-4-15-12-16(5-6-17(15)23)28(26,27)22-8-1-2-9-22/h5-6,12H,1-4,7-11,13-14H2,(H,20,24). The molecule has 0 aromatic heterocycles. The van der Waals surface area contributed by atoms with E-state index in [-0.39, 0.29) is 24.9 Å². The van der Waals surface area contributed by atoms with Crippen molar-refractivity contribution in [1.29, 1.82) is 0 Å². The number of carbonyl (C=O) groups excluding carboxylic acids is 2. The minimum absolute atomic E-state index is 0.0502. The third-order valence-electron chi connectivity index (χ3n) is 5.65. The summed E-state index contributed by atoms with van der Waals surface area (Å²) in [4.78, 5) is 28.3. The molecule has 0 bridgehead atoms. The number of sulfonamides is 1. The normalized spacial score (nSPS) is 21.4. The number of piperazine rings is 1. The van der Waals surface area contributed by atoms with Gasteiger partial charge in [-0.1, -0.05) is 0 Å². The summed E-state index contributed by atoms with van der Waals surface area (Å²) in [6, 6.07) is 5.11. The Morgan fingerprint density at radius 3 is 2.61 bits per heavy atom. The summed E-state index contributed by atoms with van der Waals surface area (Å²) in [7, 11) is -3.46. The molecule has 0 unspecified atom stereocenters. The molecule has 0 saturated carbocycles. The number of hydrogen-bond acceptors (Lipinski definition) is 5. The molecule has 0 radical (unpaired) electrons. The summed E-state index contributed by atoms with van der Waals surface area (Å²) >= 11 is 0. The SMILES string of the molecule is O=C1CN(CC(=O)N2CCCc3cc(S(=O)(=O)N4CCCC4)ccc32)CCN1. The summed E-state index contributed by atoms with van der Waals surface area (Å²) in [6.07, 6.45) is 3.36. The lowest BCUT2D eigenvalue weighted by Gasteiger charge is -2.33. The number of rotatable bonds is 4. The van der Waals surface area contributed by atoms with Crippen LogP contribution < -0.4 is 10.2 Å². The van der Waals surface area contributed by atoms with Gasteiger partial charge in [0, 0.05) is 38.4 Å². The third kappa shape index (κ3) is 3.78. The van der Waals surface area contributed by atoms with Crippen molar-refractivity contribution in [2.24, 2.45) is 0 Å². The second-order valence-electron chi connectivity index (χ2n) is 7.61. The Balaban J connectivity index is 1.53. The van der Waals surface area contributed by atoms with Crippen LogP contribution in [-0.4, -0.2) is 75.3 Å². The second kappa shape index (κ2) is 7.81. The van der Waals surface area contributed by atoms with Crippen LogP contribution in [0.5, 0.6) is 0 Å². The van der Waals surface area contributed by atoms with Gasteiger partial charge in [-0.25, -0.2) is 8.42 Å². The van der Waals surface area contributed by atoms with Gasteiger partial charge in [0.15, 0.2) is 0 Å². The number of amides is 2. The largest absolute Gasteiger partial charge is 0.354 e. The van der Waals surface area contributed by atoms with Crippen molar-refractivity contribution in [2.45, 2.75) is 30.6 Å². The van der Waals surface area contributed by atoms with Crippen LogP contribution >= 0.6 is 0 Å². The van der Waals surface area contributed by atoms with E-state index in [0.29, 0.717) is 37.6 Å². The molecule has 1 N–H and O–H groups in total. The Hall–Kier alpha value is -1.97. The summed E-state index contributed by atoms with van der Waals surface area (Å²) in [6.45, 7) is 3.41. The van der Waals surface area contributed by atoms with E-state index in [1.807, 2.05) is 4.90 Å². The quantitative estimate of drug-likeness (QED) is 0.771. The number of benzene rings is 1. The molecule has 2 fully saturated rings. The van der Waals surface area contributed by atoms with E-state index in [9.17, 15) is 18.0 Å². The highest BCUT2D eigenvalue weighted by atomic mass is 32.2. The highest BCUT2D eigenvalue weighted by molar-refractivity contribution is 7.89. The molecular weight excluding hydrogens is 380 g/mol. The molecule has 3 heterocycles. The maximum absolute atomic E-state index is 12.9. The average Bonchev–Trinajstić information content (AvgIpc) is 3.22. The van der Waals surface area contributed by atoms with Crippen LogP contribution in [0, 0.1) is 0 Å². The van der Waals surface area contributed by atoms with Crippen molar-refractivity contribution in [1.82, 2.24) is 14.5 Å². The first-order chi connectivity index (χ1) is 13.4. The Morgan fingerprint density at radius 1 is 1.07 bits per heavy atom. The highest BCUT2D eigenvalue weighted by Crippen LogP contribution is 2.31. The first-order valence-electron chi connectivity index (χ1n) is 9.88. The number of fused-ring (bicyclic) bond motifs is 1. The molecule has 9 heteroatoms. The van der Waals surface area contributed by atoms with Crippen molar-refractivity contribution in [3.8, 4) is 0 Å². The van der Waals surface area contributed by atoms with Gasteiger partial charge in [0.2, 0.25) is 21.8 Å². The molecule has 0 spiro atoms. The van der Waals surface area contributed by atoms with Gasteiger partial charge in [-0.3, -0.25) is 14.5 Å². The maximum Gasteiger partial charge on any atom is 0.243 e. The Kier molecular flexibility index (Phi) is 5.39. The number of carbonyl (C=O) groups is 2. The Morgan fingerprint density at radius 2 is 1.86 bits per heavy atom. The number of hydrogen-bond donors (Lipinski definition) is 1. The predicted molar refractivity (Wildman–Crippen MR) is 105 cm³/mol. The predicted octanol–water partition coefficient (Wildman–Crippen LogP) is 0.182. The fourth-order valence-electron chi connectivity index (χ4n) is 4.17. The molecule has 3 aliphatic heterocycles. The molecule has 8 nitrogen and oxygen atoms in total. The monoisotopic (exact) mass is 406 g/mol. The average molecular weight is 407 g/mol. The maximum atomic E-state index is 12.9. The number of nitrogens with one attached hydrogen (secondary N) is 1. The fourth-order valence-corrected chi connectivity index (χ4v) is 5.74. The molecule has 3 aliphatic rings. The molecule has 0 aliphatic carbocycles. The van der Waals surface area contributed by atoms with Gasteiger partial charge >= 0.3 is 0 Å². The van der Waals surface area contributed by atoms with E-state index < -0.39 is 10.0 Å². The smallest absolute Gasteiger partial charge is 0.243 e. The summed E-state index contributed by atoms with van der Waals surface area (Å²) in [5, 5.41) is 2.76. The lowest BCUT2D eigenvalue weighted by atomic mass is 10.0. The zero-order valence-corrected chi connectivity index (χ0v) is 16.7. The fraction of sp³-hybridized carbons (Fsp3) is 0.579. The molecule has 1 aromatic rings. The van der Waals surface area contributed by atoms with Crippen molar-refractivity contribution >= 4 is 27.5 Å². The molecule has 2 amide bonds. The lowest BCUT2D eigenvalue weighted by molar-refractivity contribution is -0.126.